The average Bonchev–Trinajstić information content (AvgIpc) is 2.77. The zero-order valence-electron chi connectivity index (χ0n) is 9.86. The van der Waals surface area contributed by atoms with Gasteiger partial charge in [0.2, 0.25) is 0 Å². The van der Waals surface area contributed by atoms with Gasteiger partial charge in [0, 0.05) is 12.1 Å². The third-order valence-corrected chi connectivity index (χ3v) is 4.20. The predicted octanol–water partition coefficient (Wildman–Crippen LogP) is 2.15. The molecule has 1 fully saturated rings. The number of likely N-dealkylation sites (N-methyl/N-ethyl adjacent to an activating group) is 1. The van der Waals surface area contributed by atoms with Gasteiger partial charge in [-0.05, 0) is 51.6 Å². The van der Waals surface area contributed by atoms with Gasteiger partial charge in [-0.25, -0.2) is 0 Å². The molecule has 0 saturated heterocycles. The van der Waals surface area contributed by atoms with Gasteiger partial charge in [-0.15, -0.1) is 0 Å². The maximum Gasteiger partial charge on any atom is 0.0278 e. The van der Waals surface area contributed by atoms with Crippen molar-refractivity contribution in [1.82, 2.24) is 4.90 Å². The molecule has 2 N–H and O–H groups in total. The molecule has 0 bridgehead atoms. The Balaban J connectivity index is 1.96. The van der Waals surface area contributed by atoms with Crippen molar-refractivity contribution in [2.45, 2.75) is 50.6 Å². The molecule has 0 radical (unpaired) electrons. The Bertz CT molecular complexity index is 225. The number of allylic oxidation sites excluding steroid dienone is 1. The first kappa shape index (κ1) is 11.2. The van der Waals surface area contributed by atoms with Crippen LogP contribution < -0.4 is 5.73 Å². The molecule has 0 amide bonds. The Hall–Kier alpha value is -0.340. The highest BCUT2D eigenvalue weighted by molar-refractivity contribution is 5.00. The predicted molar refractivity (Wildman–Crippen MR) is 64.7 cm³/mol. The molecule has 0 spiro atoms. The maximum atomic E-state index is 5.85. The molecule has 86 valence electrons. The fourth-order valence-electron chi connectivity index (χ4n) is 3.21. The molecular formula is C13H24N2. The molecule has 0 aromatic heterocycles. The van der Waals surface area contributed by atoms with Crippen LogP contribution in [0.3, 0.4) is 0 Å². The molecule has 0 aliphatic heterocycles. The first-order chi connectivity index (χ1) is 7.33. The van der Waals surface area contributed by atoms with E-state index in [9.17, 15) is 0 Å². The first-order valence-corrected chi connectivity index (χ1v) is 6.41. The van der Waals surface area contributed by atoms with Crippen LogP contribution in [-0.4, -0.2) is 30.6 Å². The van der Waals surface area contributed by atoms with Crippen molar-refractivity contribution in [2.75, 3.05) is 13.6 Å². The summed E-state index contributed by atoms with van der Waals surface area (Å²) in [7, 11) is 2.29. The molecule has 2 heteroatoms. The number of hydrogen-bond donors (Lipinski definition) is 1. The van der Waals surface area contributed by atoms with E-state index < -0.39 is 0 Å². The fourth-order valence-corrected chi connectivity index (χ4v) is 3.21. The van der Waals surface area contributed by atoms with Crippen LogP contribution in [-0.2, 0) is 0 Å². The quantitative estimate of drug-likeness (QED) is 0.720. The van der Waals surface area contributed by atoms with E-state index in [4.69, 9.17) is 5.73 Å². The summed E-state index contributed by atoms with van der Waals surface area (Å²) < 4.78 is 0. The summed E-state index contributed by atoms with van der Waals surface area (Å²) in [6.45, 7) is 0.867. The lowest BCUT2D eigenvalue weighted by atomic mass is 9.96. The number of nitrogens with zero attached hydrogens (tertiary/aromatic N) is 1. The summed E-state index contributed by atoms with van der Waals surface area (Å²) >= 11 is 0. The van der Waals surface area contributed by atoms with Gasteiger partial charge in [-0.1, -0.05) is 18.6 Å². The summed E-state index contributed by atoms with van der Waals surface area (Å²) in [5.74, 6) is 0.741. The maximum absolute atomic E-state index is 5.85. The van der Waals surface area contributed by atoms with Gasteiger partial charge in [0.1, 0.15) is 0 Å². The molecule has 3 unspecified atom stereocenters. The van der Waals surface area contributed by atoms with Crippen LogP contribution in [0.25, 0.3) is 0 Å². The third-order valence-electron chi connectivity index (χ3n) is 4.20. The fraction of sp³-hybridized carbons (Fsp3) is 0.846. The summed E-state index contributed by atoms with van der Waals surface area (Å²) in [5, 5.41) is 0. The normalized spacial score (nSPS) is 36.3. The van der Waals surface area contributed by atoms with Crippen LogP contribution in [0.15, 0.2) is 12.2 Å². The zero-order valence-corrected chi connectivity index (χ0v) is 9.86. The highest BCUT2D eigenvalue weighted by Crippen LogP contribution is 2.31. The van der Waals surface area contributed by atoms with Crippen LogP contribution in [0.2, 0.25) is 0 Å². The van der Waals surface area contributed by atoms with Gasteiger partial charge >= 0.3 is 0 Å². The van der Waals surface area contributed by atoms with Crippen LogP contribution in [0.4, 0.5) is 0 Å². The largest absolute Gasteiger partial charge is 0.330 e. The SMILES string of the molecule is CN(C1C=CCCC1)C1CCCC1CN. The van der Waals surface area contributed by atoms with Crippen molar-refractivity contribution in [3.8, 4) is 0 Å². The van der Waals surface area contributed by atoms with Crippen molar-refractivity contribution < 1.29 is 0 Å². The van der Waals surface area contributed by atoms with Gasteiger partial charge in [-0.3, -0.25) is 4.90 Å². The molecule has 0 aromatic rings. The Morgan fingerprint density at radius 3 is 2.80 bits per heavy atom. The smallest absolute Gasteiger partial charge is 0.0278 e. The Morgan fingerprint density at radius 2 is 2.13 bits per heavy atom. The summed E-state index contributed by atoms with van der Waals surface area (Å²) in [6.07, 6.45) is 12.8. The van der Waals surface area contributed by atoms with E-state index in [1.54, 1.807) is 0 Å². The van der Waals surface area contributed by atoms with Gasteiger partial charge in [-0.2, -0.15) is 0 Å². The number of nitrogens with two attached hydrogens (primary N) is 1. The highest BCUT2D eigenvalue weighted by atomic mass is 15.2. The molecule has 0 heterocycles. The van der Waals surface area contributed by atoms with E-state index in [-0.39, 0.29) is 0 Å². The lowest BCUT2D eigenvalue weighted by Crippen LogP contribution is -2.43. The van der Waals surface area contributed by atoms with E-state index in [0.29, 0.717) is 6.04 Å². The van der Waals surface area contributed by atoms with Gasteiger partial charge < -0.3 is 5.73 Å². The minimum Gasteiger partial charge on any atom is -0.330 e. The summed E-state index contributed by atoms with van der Waals surface area (Å²) in [5.41, 5.74) is 5.85. The van der Waals surface area contributed by atoms with Crippen LogP contribution >= 0.6 is 0 Å². The van der Waals surface area contributed by atoms with Gasteiger partial charge in [0.25, 0.3) is 0 Å². The highest BCUT2D eigenvalue weighted by Gasteiger charge is 2.31. The zero-order chi connectivity index (χ0) is 10.7. The molecule has 2 rings (SSSR count). The van der Waals surface area contributed by atoms with E-state index in [1.807, 2.05) is 0 Å². The minimum atomic E-state index is 0.677. The van der Waals surface area contributed by atoms with E-state index in [1.165, 1.54) is 38.5 Å². The van der Waals surface area contributed by atoms with E-state index >= 15 is 0 Å². The molecule has 0 aromatic carbocycles. The molecule has 2 aliphatic rings. The van der Waals surface area contributed by atoms with Crippen molar-refractivity contribution in [2.24, 2.45) is 11.7 Å². The number of rotatable bonds is 3. The molecule has 1 saturated carbocycles. The molecule has 15 heavy (non-hydrogen) atoms. The average molecular weight is 208 g/mol. The van der Waals surface area contributed by atoms with Crippen LogP contribution in [0, 0.1) is 5.92 Å². The second kappa shape index (κ2) is 5.13. The van der Waals surface area contributed by atoms with E-state index in [0.717, 1.165) is 18.5 Å². The number of hydrogen-bond acceptors (Lipinski definition) is 2. The monoisotopic (exact) mass is 208 g/mol. The second-order valence-electron chi connectivity index (χ2n) is 5.09. The van der Waals surface area contributed by atoms with Crippen molar-refractivity contribution in [1.29, 1.82) is 0 Å². The van der Waals surface area contributed by atoms with E-state index in [2.05, 4.69) is 24.1 Å². The van der Waals surface area contributed by atoms with Crippen molar-refractivity contribution >= 4 is 0 Å². The Labute approximate surface area is 93.5 Å². The topological polar surface area (TPSA) is 29.3 Å². The standard InChI is InChI=1S/C13H24N2/c1-15(12-7-3-2-4-8-12)13-9-5-6-11(13)10-14/h3,7,11-13H,2,4-6,8-10,14H2,1H3. The Morgan fingerprint density at radius 1 is 1.27 bits per heavy atom. The lowest BCUT2D eigenvalue weighted by molar-refractivity contribution is 0.157. The molecule has 2 nitrogen and oxygen atoms in total. The van der Waals surface area contributed by atoms with Crippen molar-refractivity contribution in [3.05, 3.63) is 12.2 Å². The lowest BCUT2D eigenvalue weighted by Gasteiger charge is -2.35. The van der Waals surface area contributed by atoms with Gasteiger partial charge in [0.05, 0.1) is 0 Å². The van der Waals surface area contributed by atoms with Gasteiger partial charge in [0.15, 0.2) is 0 Å². The third kappa shape index (κ3) is 2.43. The summed E-state index contributed by atoms with van der Waals surface area (Å²) in [6, 6.07) is 1.42. The van der Waals surface area contributed by atoms with Crippen LogP contribution in [0.1, 0.15) is 38.5 Å². The second-order valence-corrected chi connectivity index (χ2v) is 5.09. The molecule has 2 aliphatic carbocycles. The molecule has 3 atom stereocenters. The van der Waals surface area contributed by atoms with Crippen LogP contribution in [0.5, 0.6) is 0 Å². The first-order valence-electron chi connectivity index (χ1n) is 6.41. The Kier molecular flexibility index (Phi) is 3.81. The minimum absolute atomic E-state index is 0.677. The van der Waals surface area contributed by atoms with Crippen molar-refractivity contribution in [3.63, 3.8) is 0 Å². The molecular weight excluding hydrogens is 184 g/mol. The summed E-state index contributed by atoms with van der Waals surface area (Å²) in [4.78, 5) is 2.58.